The average Bonchev–Trinajstić information content (AvgIpc) is 2.97. The predicted molar refractivity (Wildman–Crippen MR) is 83.1 cm³/mol. The minimum atomic E-state index is -0.617. The lowest BCUT2D eigenvalue weighted by Gasteiger charge is -2.32. The normalized spacial score (nSPS) is 25.3. The number of hydrogen-bond donors (Lipinski definition) is 1. The molecule has 1 aromatic carbocycles. The summed E-state index contributed by atoms with van der Waals surface area (Å²) in [7, 11) is 0. The molecular formula is C17H25FN2O. The minimum absolute atomic E-state index is 0.215. The first kappa shape index (κ1) is 14.8. The number of likely N-dealkylation sites (tertiary alicyclic amines) is 1. The third kappa shape index (κ3) is 3.22. The fraction of sp³-hybridized carbons (Fsp3) is 0.647. The predicted octanol–water partition coefficient (Wildman–Crippen LogP) is 2.94. The summed E-state index contributed by atoms with van der Waals surface area (Å²) in [5, 5.41) is 9.53. The summed E-state index contributed by atoms with van der Waals surface area (Å²) in [6.45, 7) is 5.90. The molecular weight excluding hydrogens is 267 g/mol. The highest BCUT2D eigenvalue weighted by Crippen LogP contribution is 2.28. The standard InChI is InChI=1S/C17H25FN2O/c1-13(21)14-5-6-17(16(18)11-14)20-10-7-15(12-20)19-8-3-2-4-9-19/h5-6,11,13,15,21H,2-4,7-10,12H2,1H3/t13-,15?/m1/s1. The van der Waals surface area contributed by atoms with Crippen LogP contribution in [0.2, 0.25) is 0 Å². The molecule has 21 heavy (non-hydrogen) atoms. The Morgan fingerprint density at radius 3 is 2.62 bits per heavy atom. The van der Waals surface area contributed by atoms with Crippen LogP contribution in [0.1, 0.15) is 44.3 Å². The van der Waals surface area contributed by atoms with Crippen molar-refractivity contribution in [2.45, 2.75) is 44.8 Å². The topological polar surface area (TPSA) is 26.7 Å². The van der Waals surface area contributed by atoms with Gasteiger partial charge in [-0.05, 0) is 57.0 Å². The summed E-state index contributed by atoms with van der Waals surface area (Å²) in [6, 6.07) is 5.68. The summed E-state index contributed by atoms with van der Waals surface area (Å²) in [6.07, 6.45) is 4.45. The van der Waals surface area contributed by atoms with Crippen LogP contribution in [-0.4, -0.2) is 42.2 Å². The summed E-state index contributed by atoms with van der Waals surface area (Å²) in [4.78, 5) is 4.73. The van der Waals surface area contributed by atoms with E-state index >= 15 is 0 Å². The average molecular weight is 292 g/mol. The first-order chi connectivity index (χ1) is 10.1. The van der Waals surface area contributed by atoms with Crippen molar-refractivity contribution in [1.29, 1.82) is 0 Å². The van der Waals surface area contributed by atoms with Crippen molar-refractivity contribution in [2.75, 3.05) is 31.1 Å². The van der Waals surface area contributed by atoms with Gasteiger partial charge < -0.3 is 10.0 Å². The van der Waals surface area contributed by atoms with Crippen LogP contribution in [0, 0.1) is 5.82 Å². The van der Waals surface area contributed by atoms with E-state index in [1.165, 1.54) is 38.4 Å². The number of aliphatic hydroxyl groups is 1. The molecule has 1 aromatic rings. The molecule has 3 nitrogen and oxygen atoms in total. The van der Waals surface area contributed by atoms with Gasteiger partial charge in [0.2, 0.25) is 0 Å². The van der Waals surface area contributed by atoms with Crippen LogP contribution < -0.4 is 4.90 Å². The lowest BCUT2D eigenvalue weighted by Crippen LogP contribution is -2.40. The summed E-state index contributed by atoms with van der Waals surface area (Å²) < 4.78 is 14.3. The van der Waals surface area contributed by atoms with Gasteiger partial charge in [-0.15, -0.1) is 0 Å². The molecule has 0 saturated carbocycles. The second kappa shape index (κ2) is 6.32. The quantitative estimate of drug-likeness (QED) is 0.928. The van der Waals surface area contributed by atoms with Gasteiger partial charge in [-0.1, -0.05) is 12.5 Å². The largest absolute Gasteiger partial charge is 0.389 e. The molecule has 1 N–H and O–H groups in total. The van der Waals surface area contributed by atoms with Gasteiger partial charge in [-0.3, -0.25) is 4.90 Å². The lowest BCUT2D eigenvalue weighted by atomic mass is 10.1. The molecule has 0 spiro atoms. The number of anilines is 1. The second-order valence-electron chi connectivity index (χ2n) is 6.37. The molecule has 0 radical (unpaired) electrons. The number of rotatable bonds is 3. The molecule has 3 rings (SSSR count). The Bertz CT molecular complexity index is 486. The Kier molecular flexibility index (Phi) is 4.45. The van der Waals surface area contributed by atoms with Crippen molar-refractivity contribution in [3.05, 3.63) is 29.6 Å². The molecule has 0 aromatic heterocycles. The molecule has 4 heteroatoms. The van der Waals surface area contributed by atoms with Gasteiger partial charge in [0.05, 0.1) is 11.8 Å². The summed E-state index contributed by atoms with van der Waals surface area (Å²) in [5.74, 6) is -0.215. The monoisotopic (exact) mass is 292 g/mol. The maximum Gasteiger partial charge on any atom is 0.146 e. The molecule has 116 valence electrons. The van der Waals surface area contributed by atoms with Crippen molar-refractivity contribution >= 4 is 5.69 Å². The maximum absolute atomic E-state index is 14.3. The zero-order valence-electron chi connectivity index (χ0n) is 12.8. The molecule has 2 heterocycles. The van der Waals surface area contributed by atoms with E-state index in [9.17, 15) is 9.50 Å². The molecule has 2 aliphatic rings. The van der Waals surface area contributed by atoms with Crippen molar-refractivity contribution in [3.8, 4) is 0 Å². The van der Waals surface area contributed by atoms with Crippen LogP contribution in [-0.2, 0) is 0 Å². The number of halogens is 1. The maximum atomic E-state index is 14.3. The molecule has 0 aliphatic carbocycles. The van der Waals surface area contributed by atoms with Gasteiger partial charge in [0.15, 0.2) is 0 Å². The van der Waals surface area contributed by atoms with Crippen LogP contribution in [0.3, 0.4) is 0 Å². The lowest BCUT2D eigenvalue weighted by molar-refractivity contribution is 0.174. The van der Waals surface area contributed by atoms with Crippen molar-refractivity contribution in [3.63, 3.8) is 0 Å². The third-order valence-corrected chi connectivity index (χ3v) is 4.87. The van der Waals surface area contributed by atoms with Gasteiger partial charge in [0, 0.05) is 19.1 Å². The van der Waals surface area contributed by atoms with E-state index in [0.717, 1.165) is 19.5 Å². The summed E-state index contributed by atoms with van der Waals surface area (Å²) in [5.41, 5.74) is 1.32. The van der Waals surface area contributed by atoms with E-state index in [-0.39, 0.29) is 5.82 Å². The molecule has 1 unspecified atom stereocenters. The molecule has 2 aliphatic heterocycles. The van der Waals surface area contributed by atoms with Gasteiger partial charge in [-0.2, -0.15) is 0 Å². The fourth-order valence-corrected chi connectivity index (χ4v) is 3.58. The highest BCUT2D eigenvalue weighted by Gasteiger charge is 2.29. The Labute approximate surface area is 126 Å². The molecule has 2 saturated heterocycles. The Balaban J connectivity index is 1.68. The second-order valence-corrected chi connectivity index (χ2v) is 6.37. The number of benzene rings is 1. The first-order valence-corrected chi connectivity index (χ1v) is 8.11. The van der Waals surface area contributed by atoms with Crippen LogP contribution >= 0.6 is 0 Å². The number of nitrogens with zero attached hydrogens (tertiary/aromatic N) is 2. The molecule has 2 atom stereocenters. The van der Waals surface area contributed by atoms with Crippen LogP contribution in [0.4, 0.5) is 10.1 Å². The van der Waals surface area contributed by atoms with E-state index in [1.807, 2.05) is 12.1 Å². The third-order valence-electron chi connectivity index (χ3n) is 4.87. The smallest absolute Gasteiger partial charge is 0.146 e. The molecule has 0 amide bonds. The first-order valence-electron chi connectivity index (χ1n) is 8.11. The van der Waals surface area contributed by atoms with Crippen molar-refractivity contribution < 1.29 is 9.50 Å². The minimum Gasteiger partial charge on any atom is -0.389 e. The highest BCUT2D eigenvalue weighted by atomic mass is 19.1. The summed E-state index contributed by atoms with van der Waals surface area (Å²) >= 11 is 0. The van der Waals surface area contributed by atoms with E-state index in [0.29, 0.717) is 17.3 Å². The van der Waals surface area contributed by atoms with Crippen LogP contribution in [0.25, 0.3) is 0 Å². The SMILES string of the molecule is C[C@@H](O)c1ccc(N2CCC(N3CCCCC3)C2)c(F)c1. The van der Waals surface area contributed by atoms with E-state index in [4.69, 9.17) is 0 Å². The fourth-order valence-electron chi connectivity index (χ4n) is 3.58. The highest BCUT2D eigenvalue weighted by molar-refractivity contribution is 5.50. The molecule has 2 fully saturated rings. The van der Waals surface area contributed by atoms with Crippen LogP contribution in [0.15, 0.2) is 18.2 Å². The van der Waals surface area contributed by atoms with Crippen molar-refractivity contribution in [1.82, 2.24) is 4.90 Å². The van der Waals surface area contributed by atoms with Crippen LogP contribution in [0.5, 0.6) is 0 Å². The van der Waals surface area contributed by atoms with Gasteiger partial charge in [-0.25, -0.2) is 4.39 Å². The molecule has 0 bridgehead atoms. The van der Waals surface area contributed by atoms with Gasteiger partial charge >= 0.3 is 0 Å². The van der Waals surface area contributed by atoms with E-state index in [1.54, 1.807) is 6.92 Å². The zero-order chi connectivity index (χ0) is 14.8. The zero-order valence-corrected chi connectivity index (χ0v) is 12.8. The Morgan fingerprint density at radius 1 is 1.19 bits per heavy atom. The van der Waals surface area contributed by atoms with Gasteiger partial charge in [0.25, 0.3) is 0 Å². The Hall–Kier alpha value is -1.13. The number of aliphatic hydroxyl groups excluding tert-OH is 1. The van der Waals surface area contributed by atoms with Crippen molar-refractivity contribution in [2.24, 2.45) is 0 Å². The number of piperidine rings is 1. The van der Waals surface area contributed by atoms with E-state index < -0.39 is 6.10 Å². The van der Waals surface area contributed by atoms with E-state index in [2.05, 4.69) is 9.80 Å². The Morgan fingerprint density at radius 2 is 1.95 bits per heavy atom. The number of hydrogen-bond acceptors (Lipinski definition) is 3. The van der Waals surface area contributed by atoms with Gasteiger partial charge in [0.1, 0.15) is 5.82 Å².